The zero-order chi connectivity index (χ0) is 12.3. The van der Waals surface area contributed by atoms with Crippen molar-refractivity contribution < 1.29 is 0 Å². The molecule has 0 aliphatic rings. The molecule has 0 aliphatic carbocycles. The van der Waals surface area contributed by atoms with Gasteiger partial charge >= 0.3 is 0 Å². The Morgan fingerprint density at radius 2 is 2.18 bits per heavy atom. The molecule has 0 bridgehead atoms. The molecule has 2 aromatic rings. The number of aromatic nitrogens is 3. The highest BCUT2D eigenvalue weighted by Crippen LogP contribution is 2.26. The van der Waals surface area contributed by atoms with Crippen molar-refractivity contribution in [2.45, 2.75) is 39.0 Å². The largest absolute Gasteiger partial charge is 0.285 e. The van der Waals surface area contributed by atoms with Crippen LogP contribution >= 0.6 is 0 Å². The van der Waals surface area contributed by atoms with Crippen LogP contribution in [0.4, 0.5) is 0 Å². The first-order valence-electron chi connectivity index (χ1n) is 6.05. The Balaban J connectivity index is 2.20. The van der Waals surface area contributed by atoms with Crippen molar-refractivity contribution in [1.29, 1.82) is 0 Å². The quantitative estimate of drug-likeness (QED) is 0.875. The fourth-order valence-electron chi connectivity index (χ4n) is 2.02. The van der Waals surface area contributed by atoms with Gasteiger partial charge in [0.15, 0.2) is 0 Å². The molecule has 0 saturated carbocycles. The van der Waals surface area contributed by atoms with E-state index >= 15 is 0 Å². The molecule has 0 fully saturated rings. The third-order valence-corrected chi connectivity index (χ3v) is 3.19. The Hall–Kier alpha value is -1.64. The predicted octanol–water partition coefficient (Wildman–Crippen LogP) is 2.89. The molecule has 2 rings (SSSR count). The molecule has 2 aromatic heterocycles. The number of nitrogens with zero attached hydrogens (tertiary/aromatic N) is 2. The lowest BCUT2D eigenvalue weighted by Crippen LogP contribution is -2.20. The van der Waals surface area contributed by atoms with E-state index in [1.165, 1.54) is 11.1 Å². The number of pyridine rings is 1. The molecule has 17 heavy (non-hydrogen) atoms. The number of aryl methyl sites for hydroxylation is 1. The van der Waals surface area contributed by atoms with Crippen molar-refractivity contribution >= 4 is 0 Å². The molecule has 2 heterocycles. The molecule has 0 aliphatic heterocycles. The lowest BCUT2D eigenvalue weighted by Gasteiger charge is -2.22. The smallest absolute Gasteiger partial charge is 0.0524 e. The molecule has 0 saturated heterocycles. The summed E-state index contributed by atoms with van der Waals surface area (Å²) in [6.07, 6.45) is 7.75. The fraction of sp³-hybridized carbons (Fsp3) is 0.429. The Kier molecular flexibility index (Phi) is 3.27. The van der Waals surface area contributed by atoms with Gasteiger partial charge in [-0.25, -0.2) is 0 Å². The average Bonchev–Trinajstić information content (AvgIpc) is 2.83. The second-order valence-corrected chi connectivity index (χ2v) is 5.06. The van der Waals surface area contributed by atoms with Gasteiger partial charge in [-0.3, -0.25) is 10.1 Å². The van der Waals surface area contributed by atoms with Gasteiger partial charge in [0.1, 0.15) is 0 Å². The third-order valence-electron chi connectivity index (χ3n) is 3.19. The van der Waals surface area contributed by atoms with Crippen LogP contribution in [0.25, 0.3) is 0 Å². The molecule has 90 valence electrons. The summed E-state index contributed by atoms with van der Waals surface area (Å²) in [6.45, 7) is 6.61. The van der Waals surface area contributed by atoms with E-state index in [2.05, 4.69) is 48.1 Å². The molecule has 1 N–H and O–H groups in total. The van der Waals surface area contributed by atoms with Crippen LogP contribution in [0.15, 0.2) is 30.7 Å². The van der Waals surface area contributed by atoms with Crippen molar-refractivity contribution in [1.82, 2.24) is 15.2 Å². The Bertz CT molecular complexity index is 472. The fourth-order valence-corrected chi connectivity index (χ4v) is 2.02. The van der Waals surface area contributed by atoms with Crippen LogP contribution in [0, 0.1) is 0 Å². The highest BCUT2D eigenvalue weighted by molar-refractivity contribution is 5.23. The van der Waals surface area contributed by atoms with Gasteiger partial charge in [-0.2, -0.15) is 5.10 Å². The first-order valence-corrected chi connectivity index (χ1v) is 6.05. The SMILES string of the molecule is CCc1ccnc(CC(C)(C)c2cn[nH]c2)c1. The first kappa shape index (κ1) is 11.8. The van der Waals surface area contributed by atoms with E-state index in [1.54, 1.807) is 0 Å². The van der Waals surface area contributed by atoms with Gasteiger partial charge in [-0.15, -0.1) is 0 Å². The van der Waals surface area contributed by atoms with Crippen molar-refractivity contribution in [2.24, 2.45) is 0 Å². The number of rotatable bonds is 4. The summed E-state index contributed by atoms with van der Waals surface area (Å²) < 4.78 is 0. The van der Waals surface area contributed by atoms with Crippen LogP contribution in [0.5, 0.6) is 0 Å². The van der Waals surface area contributed by atoms with Crippen LogP contribution in [-0.4, -0.2) is 15.2 Å². The van der Waals surface area contributed by atoms with Crippen molar-refractivity contribution in [2.75, 3.05) is 0 Å². The lowest BCUT2D eigenvalue weighted by molar-refractivity contribution is 0.515. The van der Waals surface area contributed by atoms with Crippen LogP contribution in [0.1, 0.15) is 37.6 Å². The van der Waals surface area contributed by atoms with Crippen LogP contribution in [0.3, 0.4) is 0 Å². The van der Waals surface area contributed by atoms with E-state index in [9.17, 15) is 0 Å². The molecule has 0 unspecified atom stereocenters. The maximum Gasteiger partial charge on any atom is 0.0524 e. The van der Waals surface area contributed by atoms with E-state index in [4.69, 9.17) is 0 Å². The summed E-state index contributed by atoms with van der Waals surface area (Å²) in [5, 5.41) is 6.89. The first-order chi connectivity index (χ1) is 8.12. The van der Waals surface area contributed by atoms with Gasteiger partial charge in [0.25, 0.3) is 0 Å². The number of hydrogen-bond donors (Lipinski definition) is 1. The molecular formula is C14H19N3. The second kappa shape index (κ2) is 4.70. The second-order valence-electron chi connectivity index (χ2n) is 5.06. The van der Waals surface area contributed by atoms with Gasteiger partial charge in [0, 0.05) is 18.1 Å². The Morgan fingerprint density at radius 3 is 2.82 bits per heavy atom. The van der Waals surface area contributed by atoms with Crippen LogP contribution < -0.4 is 0 Å². The standard InChI is InChI=1S/C14H19N3/c1-4-11-5-6-15-13(7-11)8-14(2,3)12-9-16-17-10-12/h5-7,9-10H,4,8H2,1-3H3,(H,16,17). The summed E-state index contributed by atoms with van der Waals surface area (Å²) in [4.78, 5) is 4.45. The maximum atomic E-state index is 4.45. The minimum Gasteiger partial charge on any atom is -0.285 e. The van der Waals surface area contributed by atoms with E-state index in [0.717, 1.165) is 18.5 Å². The number of H-pyrrole nitrogens is 1. The summed E-state index contributed by atoms with van der Waals surface area (Å²) in [5.41, 5.74) is 3.78. The zero-order valence-corrected chi connectivity index (χ0v) is 10.7. The van der Waals surface area contributed by atoms with Crippen LogP contribution in [0.2, 0.25) is 0 Å². The molecule has 0 atom stereocenters. The molecule has 3 nitrogen and oxygen atoms in total. The molecular weight excluding hydrogens is 210 g/mol. The highest BCUT2D eigenvalue weighted by Gasteiger charge is 2.22. The topological polar surface area (TPSA) is 41.6 Å². The lowest BCUT2D eigenvalue weighted by atomic mass is 9.82. The predicted molar refractivity (Wildman–Crippen MR) is 68.9 cm³/mol. The van der Waals surface area contributed by atoms with Crippen molar-refractivity contribution in [3.05, 3.63) is 47.5 Å². The van der Waals surface area contributed by atoms with Gasteiger partial charge in [0.2, 0.25) is 0 Å². The number of aromatic amines is 1. The molecule has 0 spiro atoms. The normalized spacial score (nSPS) is 11.7. The Labute approximate surface area is 102 Å². The summed E-state index contributed by atoms with van der Waals surface area (Å²) in [6, 6.07) is 4.27. The van der Waals surface area contributed by atoms with Gasteiger partial charge < -0.3 is 0 Å². The van der Waals surface area contributed by atoms with Gasteiger partial charge in [0.05, 0.1) is 6.20 Å². The molecule has 0 radical (unpaired) electrons. The molecule has 0 amide bonds. The van der Waals surface area contributed by atoms with Gasteiger partial charge in [-0.1, -0.05) is 20.8 Å². The van der Waals surface area contributed by atoms with E-state index in [1.807, 2.05) is 18.6 Å². The van der Waals surface area contributed by atoms with Crippen LogP contribution in [-0.2, 0) is 18.3 Å². The van der Waals surface area contributed by atoms with Gasteiger partial charge in [-0.05, 0) is 41.5 Å². The zero-order valence-electron chi connectivity index (χ0n) is 10.7. The third kappa shape index (κ3) is 2.73. The summed E-state index contributed by atoms with van der Waals surface area (Å²) in [5.74, 6) is 0. The number of nitrogens with one attached hydrogen (secondary N) is 1. The highest BCUT2D eigenvalue weighted by atomic mass is 15.1. The van der Waals surface area contributed by atoms with Crippen molar-refractivity contribution in [3.63, 3.8) is 0 Å². The minimum atomic E-state index is 0.0619. The molecule has 3 heteroatoms. The summed E-state index contributed by atoms with van der Waals surface area (Å²) in [7, 11) is 0. The summed E-state index contributed by atoms with van der Waals surface area (Å²) >= 11 is 0. The maximum absolute atomic E-state index is 4.45. The Morgan fingerprint density at radius 1 is 1.35 bits per heavy atom. The average molecular weight is 229 g/mol. The number of hydrogen-bond acceptors (Lipinski definition) is 2. The molecule has 0 aromatic carbocycles. The minimum absolute atomic E-state index is 0.0619. The van der Waals surface area contributed by atoms with Crippen molar-refractivity contribution in [3.8, 4) is 0 Å². The van der Waals surface area contributed by atoms with E-state index in [-0.39, 0.29) is 5.41 Å². The monoisotopic (exact) mass is 229 g/mol. The van der Waals surface area contributed by atoms with E-state index in [0.29, 0.717) is 0 Å². The van der Waals surface area contributed by atoms with E-state index < -0.39 is 0 Å².